The molecule has 21 heavy (non-hydrogen) atoms. The second-order valence-electron chi connectivity index (χ2n) is 4.46. The van der Waals surface area contributed by atoms with Gasteiger partial charge in [0, 0.05) is 38.1 Å². The van der Waals surface area contributed by atoms with Crippen molar-refractivity contribution in [3.63, 3.8) is 0 Å². The molecule has 0 saturated heterocycles. The summed E-state index contributed by atoms with van der Waals surface area (Å²) in [4.78, 5) is 17.9. The van der Waals surface area contributed by atoms with Gasteiger partial charge in [-0.2, -0.15) is 0 Å². The first-order valence-corrected chi connectivity index (χ1v) is 7.86. The van der Waals surface area contributed by atoms with E-state index in [1.165, 1.54) is 11.8 Å². The first-order chi connectivity index (χ1) is 10.2. The Balaban J connectivity index is 2.06. The standard InChI is InChI=1S/C14H19N5OS/c1-4-19(5-2)12(20)10-21-14-17-16-13(18(14)3)11-7-6-8-15-9-11/h6-9H,4-5,10H2,1-3H3. The third kappa shape index (κ3) is 3.60. The molecule has 2 aromatic heterocycles. The second-order valence-corrected chi connectivity index (χ2v) is 5.40. The highest BCUT2D eigenvalue weighted by atomic mass is 32.2. The summed E-state index contributed by atoms with van der Waals surface area (Å²) in [6.07, 6.45) is 3.47. The van der Waals surface area contributed by atoms with Gasteiger partial charge in [-0.05, 0) is 26.0 Å². The lowest BCUT2D eigenvalue weighted by atomic mass is 10.3. The zero-order chi connectivity index (χ0) is 15.2. The van der Waals surface area contributed by atoms with Crippen molar-refractivity contribution in [1.82, 2.24) is 24.6 Å². The van der Waals surface area contributed by atoms with Crippen LogP contribution in [0.15, 0.2) is 29.7 Å². The van der Waals surface area contributed by atoms with Crippen LogP contribution in [-0.2, 0) is 11.8 Å². The monoisotopic (exact) mass is 305 g/mol. The third-order valence-electron chi connectivity index (χ3n) is 3.20. The smallest absolute Gasteiger partial charge is 0.233 e. The predicted molar refractivity (Wildman–Crippen MR) is 82.9 cm³/mol. The van der Waals surface area contributed by atoms with Crippen molar-refractivity contribution < 1.29 is 4.79 Å². The Morgan fingerprint density at radius 1 is 1.33 bits per heavy atom. The number of rotatable bonds is 6. The van der Waals surface area contributed by atoms with Crippen LogP contribution in [0.5, 0.6) is 0 Å². The normalized spacial score (nSPS) is 10.6. The molecule has 0 aliphatic heterocycles. The summed E-state index contributed by atoms with van der Waals surface area (Å²) < 4.78 is 1.89. The molecule has 0 atom stereocenters. The minimum absolute atomic E-state index is 0.121. The van der Waals surface area contributed by atoms with E-state index in [-0.39, 0.29) is 5.91 Å². The molecular formula is C14H19N5OS. The minimum Gasteiger partial charge on any atom is -0.343 e. The second kappa shape index (κ2) is 7.21. The molecule has 2 rings (SSSR count). The third-order valence-corrected chi connectivity index (χ3v) is 4.20. The van der Waals surface area contributed by atoms with E-state index >= 15 is 0 Å². The van der Waals surface area contributed by atoms with Crippen LogP contribution >= 0.6 is 11.8 Å². The number of nitrogens with zero attached hydrogens (tertiary/aromatic N) is 5. The Morgan fingerprint density at radius 2 is 2.10 bits per heavy atom. The predicted octanol–water partition coefficient (Wildman–Crippen LogP) is 1.84. The summed E-state index contributed by atoms with van der Waals surface area (Å²) in [6.45, 7) is 5.43. The molecule has 0 radical (unpaired) electrons. The molecule has 0 aromatic carbocycles. The van der Waals surface area contributed by atoms with Crippen LogP contribution in [0, 0.1) is 0 Å². The van der Waals surface area contributed by atoms with Crippen LogP contribution in [0.2, 0.25) is 0 Å². The number of carbonyl (C=O) groups is 1. The number of hydrogen-bond acceptors (Lipinski definition) is 5. The van der Waals surface area contributed by atoms with Gasteiger partial charge in [-0.1, -0.05) is 11.8 Å². The summed E-state index contributed by atoms with van der Waals surface area (Å²) in [5.41, 5.74) is 0.911. The highest BCUT2D eigenvalue weighted by molar-refractivity contribution is 7.99. The molecule has 7 heteroatoms. The van der Waals surface area contributed by atoms with Gasteiger partial charge in [0.2, 0.25) is 5.91 Å². The molecule has 0 aliphatic carbocycles. The lowest BCUT2D eigenvalue weighted by molar-refractivity contribution is -0.127. The fourth-order valence-corrected chi connectivity index (χ4v) is 2.79. The van der Waals surface area contributed by atoms with Crippen molar-refractivity contribution in [2.45, 2.75) is 19.0 Å². The van der Waals surface area contributed by atoms with E-state index in [1.54, 1.807) is 12.4 Å². The SMILES string of the molecule is CCN(CC)C(=O)CSc1nnc(-c2cccnc2)n1C. The molecule has 1 amide bonds. The van der Waals surface area contributed by atoms with Gasteiger partial charge in [0.1, 0.15) is 0 Å². The summed E-state index contributed by atoms with van der Waals surface area (Å²) in [5.74, 6) is 1.25. The first kappa shape index (κ1) is 15.5. The average molecular weight is 305 g/mol. The highest BCUT2D eigenvalue weighted by Crippen LogP contribution is 2.22. The minimum atomic E-state index is 0.121. The quantitative estimate of drug-likeness (QED) is 0.762. The lowest BCUT2D eigenvalue weighted by Gasteiger charge is -2.17. The van der Waals surface area contributed by atoms with Gasteiger partial charge in [-0.3, -0.25) is 9.78 Å². The zero-order valence-corrected chi connectivity index (χ0v) is 13.3. The van der Waals surface area contributed by atoms with E-state index in [1.807, 2.05) is 42.5 Å². The maximum Gasteiger partial charge on any atom is 0.233 e. The molecule has 2 aromatic rings. The van der Waals surface area contributed by atoms with Crippen LogP contribution in [0.4, 0.5) is 0 Å². The Kier molecular flexibility index (Phi) is 5.32. The van der Waals surface area contributed by atoms with E-state index in [4.69, 9.17) is 0 Å². The summed E-state index contributed by atoms with van der Waals surface area (Å²) in [7, 11) is 1.90. The first-order valence-electron chi connectivity index (χ1n) is 6.87. The Labute approximate surface area is 128 Å². The van der Waals surface area contributed by atoms with Crippen LogP contribution < -0.4 is 0 Å². The van der Waals surface area contributed by atoms with Gasteiger partial charge in [0.05, 0.1) is 5.75 Å². The van der Waals surface area contributed by atoms with Crippen LogP contribution in [0.25, 0.3) is 11.4 Å². The highest BCUT2D eigenvalue weighted by Gasteiger charge is 2.15. The Bertz CT molecular complexity index is 595. The van der Waals surface area contributed by atoms with E-state index in [2.05, 4.69) is 15.2 Å². The fourth-order valence-electron chi connectivity index (χ4n) is 1.98. The van der Waals surface area contributed by atoms with Crippen molar-refractivity contribution >= 4 is 17.7 Å². The van der Waals surface area contributed by atoms with E-state index in [9.17, 15) is 4.79 Å². The van der Waals surface area contributed by atoms with Crippen LogP contribution in [-0.4, -0.2) is 49.4 Å². The van der Waals surface area contributed by atoms with Gasteiger partial charge in [-0.25, -0.2) is 0 Å². The molecule has 6 nitrogen and oxygen atoms in total. The van der Waals surface area contributed by atoms with E-state index in [0.717, 1.165) is 29.6 Å². The van der Waals surface area contributed by atoms with Gasteiger partial charge in [0.15, 0.2) is 11.0 Å². The van der Waals surface area contributed by atoms with Crippen LogP contribution in [0.1, 0.15) is 13.8 Å². The average Bonchev–Trinajstić information content (AvgIpc) is 2.88. The van der Waals surface area contributed by atoms with Crippen molar-refractivity contribution in [3.8, 4) is 11.4 Å². The molecule has 0 unspecified atom stereocenters. The molecule has 2 heterocycles. The number of aromatic nitrogens is 4. The maximum absolute atomic E-state index is 12.0. The molecule has 112 valence electrons. The number of pyridine rings is 1. The molecular weight excluding hydrogens is 286 g/mol. The topological polar surface area (TPSA) is 63.9 Å². The Hall–Kier alpha value is -1.89. The molecule has 0 bridgehead atoms. The maximum atomic E-state index is 12.0. The van der Waals surface area contributed by atoms with Gasteiger partial charge in [-0.15, -0.1) is 10.2 Å². The number of amides is 1. The van der Waals surface area contributed by atoms with Crippen molar-refractivity contribution in [3.05, 3.63) is 24.5 Å². The molecule has 0 fully saturated rings. The van der Waals surface area contributed by atoms with E-state index in [0.29, 0.717) is 5.75 Å². The van der Waals surface area contributed by atoms with Crippen molar-refractivity contribution in [2.24, 2.45) is 7.05 Å². The molecule has 0 saturated carbocycles. The largest absolute Gasteiger partial charge is 0.343 e. The van der Waals surface area contributed by atoms with Gasteiger partial charge >= 0.3 is 0 Å². The molecule has 0 aliphatic rings. The molecule has 0 N–H and O–H groups in total. The number of carbonyl (C=O) groups excluding carboxylic acids is 1. The molecule has 0 spiro atoms. The number of thioether (sulfide) groups is 1. The van der Waals surface area contributed by atoms with Crippen LogP contribution in [0.3, 0.4) is 0 Å². The van der Waals surface area contributed by atoms with Gasteiger partial charge < -0.3 is 9.47 Å². The van der Waals surface area contributed by atoms with Crippen molar-refractivity contribution in [1.29, 1.82) is 0 Å². The van der Waals surface area contributed by atoms with E-state index < -0.39 is 0 Å². The summed E-state index contributed by atoms with van der Waals surface area (Å²) in [5, 5.41) is 9.06. The lowest BCUT2D eigenvalue weighted by Crippen LogP contribution is -2.31. The Morgan fingerprint density at radius 3 is 2.71 bits per heavy atom. The van der Waals surface area contributed by atoms with Gasteiger partial charge in [0.25, 0.3) is 0 Å². The summed E-state index contributed by atoms with van der Waals surface area (Å²) in [6, 6.07) is 3.80. The zero-order valence-electron chi connectivity index (χ0n) is 12.5. The number of hydrogen-bond donors (Lipinski definition) is 0. The summed E-state index contributed by atoms with van der Waals surface area (Å²) >= 11 is 1.41. The van der Waals surface area contributed by atoms with Crippen molar-refractivity contribution in [2.75, 3.05) is 18.8 Å². The fraction of sp³-hybridized carbons (Fsp3) is 0.429.